The highest BCUT2D eigenvalue weighted by molar-refractivity contribution is 7.92. The van der Waals surface area contributed by atoms with E-state index in [1.165, 1.54) is 19.2 Å². The van der Waals surface area contributed by atoms with Gasteiger partial charge in [-0.3, -0.25) is 14.4 Å². The molecule has 208 valence electrons. The summed E-state index contributed by atoms with van der Waals surface area (Å²) < 4.78 is 67.8. The van der Waals surface area contributed by atoms with Crippen LogP contribution in [0, 0.1) is 17.8 Å². The molecule has 0 spiro atoms. The molecule has 0 unspecified atom stereocenters. The van der Waals surface area contributed by atoms with Crippen molar-refractivity contribution in [2.75, 3.05) is 12.4 Å². The Hall–Kier alpha value is -3.87. The van der Waals surface area contributed by atoms with E-state index in [9.17, 15) is 36.0 Å². The van der Waals surface area contributed by atoms with Crippen LogP contribution in [0.5, 0.6) is 5.75 Å². The fraction of sp³-hybridized carbons (Fsp3) is 0.346. The number of allylic oxidation sites excluding steroid dienone is 1. The average molecular weight is 567 g/mol. The lowest BCUT2D eigenvalue weighted by atomic mass is 9.87. The van der Waals surface area contributed by atoms with Gasteiger partial charge in [0, 0.05) is 18.2 Å². The van der Waals surface area contributed by atoms with Crippen LogP contribution in [0.25, 0.3) is 0 Å². The highest BCUT2D eigenvalue weighted by Crippen LogP contribution is 2.44. The fourth-order valence-corrected chi connectivity index (χ4v) is 5.85. The number of ether oxygens (including phenoxy) is 1. The van der Waals surface area contributed by atoms with Gasteiger partial charge in [-0.1, -0.05) is 24.3 Å². The Morgan fingerprint density at radius 2 is 1.79 bits per heavy atom. The molecule has 1 fully saturated rings. The molecule has 2 amide bonds. The van der Waals surface area contributed by atoms with Crippen LogP contribution in [0.4, 0.5) is 18.9 Å². The number of aliphatic carboxylic acids is 1. The second-order valence-electron chi connectivity index (χ2n) is 9.37. The molecule has 2 aromatic rings. The summed E-state index contributed by atoms with van der Waals surface area (Å²) in [4.78, 5) is 36.5. The number of fused-ring (bicyclic) bond motifs is 2. The number of carboxylic acids is 1. The van der Waals surface area contributed by atoms with E-state index in [0.29, 0.717) is 12.0 Å². The molecule has 0 radical (unpaired) electrons. The maximum Gasteiger partial charge on any atom is 0.501 e. The second-order valence-corrected chi connectivity index (χ2v) is 11.3. The van der Waals surface area contributed by atoms with Gasteiger partial charge in [0.15, 0.2) is 0 Å². The smallest absolute Gasteiger partial charge is 0.496 e. The van der Waals surface area contributed by atoms with Crippen LogP contribution in [0.3, 0.4) is 0 Å². The molecule has 4 rings (SSSR count). The highest BCUT2D eigenvalue weighted by atomic mass is 32.2. The monoisotopic (exact) mass is 566 g/mol. The van der Waals surface area contributed by atoms with E-state index in [2.05, 4.69) is 10.6 Å². The van der Waals surface area contributed by atoms with Crippen LogP contribution in [0.1, 0.15) is 28.8 Å². The Bertz CT molecular complexity index is 1440. The molecule has 0 aliphatic heterocycles. The lowest BCUT2D eigenvalue weighted by Gasteiger charge is -2.28. The number of hydrogen-bond acceptors (Lipinski definition) is 6. The summed E-state index contributed by atoms with van der Waals surface area (Å²) in [6.07, 6.45) is 4.37. The van der Waals surface area contributed by atoms with Crippen LogP contribution in [0.15, 0.2) is 59.5 Å². The molecule has 1 saturated carbocycles. The van der Waals surface area contributed by atoms with Crippen molar-refractivity contribution in [2.45, 2.75) is 35.7 Å². The normalized spacial score (nSPS) is 21.9. The minimum absolute atomic E-state index is 0.127. The van der Waals surface area contributed by atoms with Crippen molar-refractivity contribution >= 4 is 33.3 Å². The van der Waals surface area contributed by atoms with E-state index < -0.39 is 50.0 Å². The Morgan fingerprint density at radius 1 is 1.08 bits per heavy atom. The summed E-state index contributed by atoms with van der Waals surface area (Å²) in [7, 11) is -4.22. The van der Waals surface area contributed by atoms with Crippen LogP contribution >= 0.6 is 0 Å². The topological polar surface area (TPSA) is 139 Å². The third-order valence-corrected chi connectivity index (χ3v) is 8.40. The first-order valence-electron chi connectivity index (χ1n) is 11.9. The van der Waals surface area contributed by atoms with Crippen molar-refractivity contribution in [3.05, 3.63) is 65.7 Å². The van der Waals surface area contributed by atoms with Gasteiger partial charge in [-0.2, -0.15) is 13.2 Å². The summed E-state index contributed by atoms with van der Waals surface area (Å²) >= 11 is 0. The molecule has 2 aromatic carbocycles. The Balaban J connectivity index is 1.54. The lowest BCUT2D eigenvalue weighted by molar-refractivity contribution is -0.137. The maximum absolute atomic E-state index is 13.3. The molecule has 2 aliphatic rings. The van der Waals surface area contributed by atoms with Crippen molar-refractivity contribution in [3.63, 3.8) is 0 Å². The number of halogens is 3. The summed E-state index contributed by atoms with van der Waals surface area (Å²) in [5.41, 5.74) is -4.85. The number of carbonyl (C=O) groups is 3. The number of amides is 2. The zero-order chi connectivity index (χ0) is 28.5. The van der Waals surface area contributed by atoms with E-state index in [-0.39, 0.29) is 41.7 Å². The van der Waals surface area contributed by atoms with Gasteiger partial charge in [-0.05, 0) is 60.6 Å². The van der Waals surface area contributed by atoms with Crippen LogP contribution in [0.2, 0.25) is 0 Å². The summed E-state index contributed by atoms with van der Waals surface area (Å²) in [6.45, 7) is 0. The quantitative estimate of drug-likeness (QED) is 0.395. The van der Waals surface area contributed by atoms with Crippen molar-refractivity contribution in [2.24, 2.45) is 17.8 Å². The Morgan fingerprint density at radius 3 is 2.46 bits per heavy atom. The molecule has 0 aromatic heterocycles. The van der Waals surface area contributed by atoms with Gasteiger partial charge in [0.2, 0.25) is 5.91 Å². The van der Waals surface area contributed by atoms with Crippen molar-refractivity contribution in [1.82, 2.24) is 5.32 Å². The number of carboxylic acid groups (broad SMARTS) is 1. The summed E-state index contributed by atoms with van der Waals surface area (Å²) in [5.74, 6) is -3.03. The molecular weight excluding hydrogens is 541 g/mol. The van der Waals surface area contributed by atoms with E-state index in [4.69, 9.17) is 9.84 Å². The van der Waals surface area contributed by atoms with Gasteiger partial charge in [0.05, 0.1) is 23.5 Å². The first kappa shape index (κ1) is 28.1. The number of benzene rings is 2. The minimum Gasteiger partial charge on any atom is -0.496 e. The molecule has 9 nitrogen and oxygen atoms in total. The SMILES string of the molecule is COc1ccc(CCC(=O)O)cc1C(=O)N[C@@H]1[C@H](C(=O)Nc2cccc(S(=O)(=O)C(F)(F)F)c2)[C@H]2C=C[C@@H]1C2. The molecule has 2 bridgehead atoms. The van der Waals surface area contributed by atoms with E-state index in [1.807, 2.05) is 12.2 Å². The van der Waals surface area contributed by atoms with E-state index >= 15 is 0 Å². The molecule has 4 atom stereocenters. The number of rotatable bonds is 9. The number of alkyl halides is 3. The molecule has 0 heterocycles. The fourth-order valence-electron chi connectivity index (χ4n) is 5.05. The predicted molar refractivity (Wildman–Crippen MR) is 133 cm³/mol. The molecule has 0 saturated heterocycles. The first-order chi connectivity index (χ1) is 18.3. The highest BCUT2D eigenvalue weighted by Gasteiger charge is 2.49. The zero-order valence-corrected chi connectivity index (χ0v) is 21.4. The standard InChI is InChI=1S/C26H25F3N2O7S/c1-38-20-9-5-14(6-10-21(32)33)11-19(20)24(34)31-23-16-8-7-15(12-16)22(23)25(35)30-17-3-2-4-18(13-17)39(36,37)26(27,28)29/h2-5,7-9,11,13,15-16,22-23H,6,10,12H2,1H3,(H,30,35)(H,31,34)(H,32,33)/t15-,16+,22+,23-/m0/s1. The third-order valence-electron chi connectivity index (χ3n) is 6.91. The van der Waals surface area contributed by atoms with E-state index in [1.54, 1.807) is 12.1 Å². The molecule has 39 heavy (non-hydrogen) atoms. The number of hydrogen-bond donors (Lipinski definition) is 3. The summed E-state index contributed by atoms with van der Waals surface area (Å²) in [5, 5.41) is 14.3. The number of carbonyl (C=O) groups excluding carboxylic acids is 2. The number of nitrogens with one attached hydrogen (secondary N) is 2. The Labute approximate surface area is 222 Å². The second kappa shape index (κ2) is 10.7. The minimum atomic E-state index is -5.60. The average Bonchev–Trinajstić information content (AvgIpc) is 3.48. The predicted octanol–water partition coefficient (Wildman–Crippen LogP) is 3.57. The van der Waals surface area contributed by atoms with Gasteiger partial charge in [0.25, 0.3) is 15.7 Å². The lowest BCUT2D eigenvalue weighted by Crippen LogP contribution is -2.47. The molecular formula is C26H25F3N2O7S. The molecule has 2 aliphatic carbocycles. The van der Waals surface area contributed by atoms with Crippen LogP contribution < -0.4 is 15.4 Å². The largest absolute Gasteiger partial charge is 0.501 e. The Kier molecular flexibility index (Phi) is 7.73. The molecule has 3 N–H and O–H groups in total. The summed E-state index contributed by atoms with van der Waals surface area (Å²) in [6, 6.07) is 7.99. The van der Waals surface area contributed by atoms with Crippen LogP contribution in [-0.2, 0) is 25.8 Å². The number of aryl methyl sites for hydroxylation is 1. The zero-order valence-electron chi connectivity index (χ0n) is 20.6. The maximum atomic E-state index is 13.3. The van der Waals surface area contributed by atoms with Crippen molar-refractivity contribution in [1.29, 1.82) is 0 Å². The van der Waals surface area contributed by atoms with Crippen molar-refractivity contribution in [3.8, 4) is 5.75 Å². The van der Waals surface area contributed by atoms with Gasteiger partial charge in [-0.25, -0.2) is 8.42 Å². The van der Waals surface area contributed by atoms with Gasteiger partial charge >= 0.3 is 11.5 Å². The van der Waals surface area contributed by atoms with Gasteiger partial charge < -0.3 is 20.5 Å². The number of methoxy groups -OCH3 is 1. The van der Waals surface area contributed by atoms with Gasteiger partial charge in [0.1, 0.15) is 5.75 Å². The third kappa shape index (κ3) is 5.77. The number of sulfone groups is 1. The van der Waals surface area contributed by atoms with Crippen LogP contribution in [-0.4, -0.2) is 50.0 Å². The van der Waals surface area contributed by atoms with E-state index in [0.717, 1.165) is 18.2 Å². The number of anilines is 1. The van der Waals surface area contributed by atoms with Crippen molar-refractivity contribution < 1.29 is 45.8 Å². The molecule has 13 heteroatoms. The first-order valence-corrected chi connectivity index (χ1v) is 13.4. The van der Waals surface area contributed by atoms with Gasteiger partial charge in [-0.15, -0.1) is 0 Å².